The van der Waals surface area contributed by atoms with Gasteiger partial charge in [0.2, 0.25) is 15.9 Å². The SMILES string of the molecule is Cc1c(N)cc(Cl)cc1S(=O)(=O)NCC(=O)N(C)C. The molecule has 0 aliphatic rings. The number of nitrogen functional groups attached to an aromatic ring is 1. The second-order valence-electron chi connectivity index (χ2n) is 4.23. The fourth-order valence-electron chi connectivity index (χ4n) is 1.35. The van der Waals surface area contributed by atoms with Gasteiger partial charge in [-0.3, -0.25) is 4.79 Å². The zero-order valence-electron chi connectivity index (χ0n) is 10.9. The summed E-state index contributed by atoms with van der Waals surface area (Å²) in [5.74, 6) is -0.351. The van der Waals surface area contributed by atoms with Crippen LogP contribution in [0.2, 0.25) is 5.02 Å². The second kappa shape index (κ2) is 5.77. The van der Waals surface area contributed by atoms with Gasteiger partial charge in [0.05, 0.1) is 11.4 Å². The summed E-state index contributed by atoms with van der Waals surface area (Å²) in [7, 11) is -0.745. The van der Waals surface area contributed by atoms with Crippen LogP contribution in [-0.2, 0) is 14.8 Å². The number of rotatable bonds is 4. The molecule has 0 heterocycles. The van der Waals surface area contributed by atoms with Crippen LogP contribution in [0, 0.1) is 6.92 Å². The second-order valence-corrected chi connectivity index (χ2v) is 6.40. The average molecular weight is 306 g/mol. The molecule has 0 aliphatic heterocycles. The van der Waals surface area contributed by atoms with E-state index >= 15 is 0 Å². The molecule has 19 heavy (non-hydrogen) atoms. The van der Waals surface area contributed by atoms with Gasteiger partial charge >= 0.3 is 0 Å². The van der Waals surface area contributed by atoms with Crippen LogP contribution in [0.1, 0.15) is 5.56 Å². The Morgan fingerprint density at radius 3 is 2.53 bits per heavy atom. The van der Waals surface area contributed by atoms with Gasteiger partial charge in [0.25, 0.3) is 0 Å². The molecule has 0 saturated heterocycles. The number of anilines is 1. The summed E-state index contributed by atoms with van der Waals surface area (Å²) in [6.07, 6.45) is 0. The number of carbonyl (C=O) groups excluding carboxylic acids is 1. The van der Waals surface area contributed by atoms with Crippen molar-refractivity contribution >= 4 is 33.2 Å². The van der Waals surface area contributed by atoms with Crippen molar-refractivity contribution in [1.29, 1.82) is 0 Å². The lowest BCUT2D eigenvalue weighted by molar-refractivity contribution is -0.127. The molecule has 106 valence electrons. The molecule has 0 saturated carbocycles. The number of halogens is 1. The van der Waals surface area contributed by atoms with Gasteiger partial charge < -0.3 is 10.6 Å². The molecule has 1 aromatic rings. The van der Waals surface area contributed by atoms with E-state index in [0.29, 0.717) is 5.56 Å². The third-order valence-corrected chi connectivity index (χ3v) is 4.31. The van der Waals surface area contributed by atoms with Gasteiger partial charge in [0.1, 0.15) is 0 Å². The van der Waals surface area contributed by atoms with Gasteiger partial charge in [-0.2, -0.15) is 0 Å². The Balaban J connectivity index is 3.05. The Bertz CT molecular complexity index is 599. The van der Waals surface area contributed by atoms with Crippen molar-refractivity contribution in [3.05, 3.63) is 22.7 Å². The fourth-order valence-corrected chi connectivity index (χ4v) is 2.91. The molecule has 0 fully saturated rings. The summed E-state index contributed by atoms with van der Waals surface area (Å²) in [6, 6.07) is 2.77. The summed E-state index contributed by atoms with van der Waals surface area (Å²) in [4.78, 5) is 12.7. The predicted molar refractivity (Wildman–Crippen MR) is 74.5 cm³/mol. The van der Waals surface area contributed by atoms with Crippen LogP contribution >= 0.6 is 11.6 Å². The van der Waals surface area contributed by atoms with Gasteiger partial charge in [-0.05, 0) is 24.6 Å². The van der Waals surface area contributed by atoms with Crippen LogP contribution < -0.4 is 10.5 Å². The lowest BCUT2D eigenvalue weighted by atomic mass is 10.2. The maximum Gasteiger partial charge on any atom is 0.241 e. The molecule has 0 spiro atoms. The summed E-state index contributed by atoms with van der Waals surface area (Å²) in [5.41, 5.74) is 6.35. The van der Waals surface area contributed by atoms with Crippen LogP contribution in [0.5, 0.6) is 0 Å². The van der Waals surface area contributed by atoms with Crippen molar-refractivity contribution in [3.8, 4) is 0 Å². The van der Waals surface area contributed by atoms with E-state index in [4.69, 9.17) is 17.3 Å². The zero-order valence-corrected chi connectivity index (χ0v) is 12.5. The summed E-state index contributed by atoms with van der Waals surface area (Å²) in [6.45, 7) is 1.26. The number of nitrogens with zero attached hydrogens (tertiary/aromatic N) is 1. The summed E-state index contributed by atoms with van der Waals surface area (Å²) >= 11 is 5.79. The number of nitrogens with one attached hydrogen (secondary N) is 1. The van der Waals surface area contributed by atoms with Crippen LogP contribution in [0.15, 0.2) is 17.0 Å². The van der Waals surface area contributed by atoms with Crippen molar-refractivity contribution in [1.82, 2.24) is 9.62 Å². The first-order chi connectivity index (χ1) is 8.65. The molecule has 1 aromatic carbocycles. The quantitative estimate of drug-likeness (QED) is 0.797. The highest BCUT2D eigenvalue weighted by Crippen LogP contribution is 2.25. The van der Waals surface area contributed by atoms with Crippen LogP contribution in [-0.4, -0.2) is 39.9 Å². The molecule has 0 unspecified atom stereocenters. The van der Waals surface area contributed by atoms with Crippen molar-refractivity contribution in [2.75, 3.05) is 26.4 Å². The normalized spacial score (nSPS) is 11.4. The highest BCUT2D eigenvalue weighted by atomic mass is 35.5. The Hall–Kier alpha value is -1.31. The number of hydrogen-bond donors (Lipinski definition) is 2. The van der Waals surface area contributed by atoms with Crippen LogP contribution in [0.3, 0.4) is 0 Å². The number of benzene rings is 1. The van der Waals surface area contributed by atoms with Crippen LogP contribution in [0.25, 0.3) is 0 Å². The lowest BCUT2D eigenvalue weighted by Gasteiger charge is -2.13. The van der Waals surface area contributed by atoms with Crippen molar-refractivity contribution in [3.63, 3.8) is 0 Å². The Morgan fingerprint density at radius 1 is 1.42 bits per heavy atom. The number of likely N-dealkylation sites (N-methyl/N-ethyl adjacent to an activating group) is 1. The minimum atomic E-state index is -3.83. The molecule has 1 amide bonds. The first-order valence-corrected chi connectivity index (χ1v) is 7.26. The largest absolute Gasteiger partial charge is 0.398 e. The van der Waals surface area contributed by atoms with E-state index in [0.717, 1.165) is 0 Å². The third-order valence-electron chi connectivity index (χ3n) is 2.57. The van der Waals surface area contributed by atoms with Crippen molar-refractivity contribution in [2.24, 2.45) is 0 Å². The van der Waals surface area contributed by atoms with Crippen molar-refractivity contribution in [2.45, 2.75) is 11.8 Å². The van der Waals surface area contributed by atoms with Gasteiger partial charge in [0, 0.05) is 24.8 Å². The molecular weight excluding hydrogens is 290 g/mol. The van der Waals surface area contributed by atoms with E-state index in [1.165, 1.54) is 17.0 Å². The lowest BCUT2D eigenvalue weighted by Crippen LogP contribution is -2.36. The highest BCUT2D eigenvalue weighted by Gasteiger charge is 2.20. The van der Waals surface area contributed by atoms with E-state index in [9.17, 15) is 13.2 Å². The van der Waals surface area contributed by atoms with Gasteiger partial charge in [-0.1, -0.05) is 11.6 Å². The number of hydrogen-bond acceptors (Lipinski definition) is 4. The monoisotopic (exact) mass is 305 g/mol. The molecule has 0 aliphatic carbocycles. The molecule has 0 radical (unpaired) electrons. The number of carbonyl (C=O) groups is 1. The highest BCUT2D eigenvalue weighted by molar-refractivity contribution is 7.89. The van der Waals surface area contributed by atoms with E-state index in [-0.39, 0.29) is 28.1 Å². The van der Waals surface area contributed by atoms with Crippen LogP contribution in [0.4, 0.5) is 5.69 Å². The van der Waals surface area contributed by atoms with Gasteiger partial charge in [0.15, 0.2) is 0 Å². The van der Waals surface area contributed by atoms with E-state index in [1.807, 2.05) is 0 Å². The first-order valence-electron chi connectivity index (χ1n) is 5.40. The maximum absolute atomic E-state index is 12.1. The molecule has 1 rings (SSSR count). The van der Waals surface area contributed by atoms with E-state index < -0.39 is 10.0 Å². The van der Waals surface area contributed by atoms with Gasteiger partial charge in [-0.25, -0.2) is 13.1 Å². The topological polar surface area (TPSA) is 92.5 Å². The Kier molecular flexibility index (Phi) is 4.78. The number of nitrogens with two attached hydrogens (primary N) is 1. The zero-order chi connectivity index (χ0) is 14.8. The maximum atomic E-state index is 12.1. The average Bonchev–Trinajstić information content (AvgIpc) is 2.30. The standard InChI is InChI=1S/C11H16ClN3O3S/c1-7-9(13)4-8(12)5-10(7)19(17,18)14-6-11(16)15(2)3/h4-5,14H,6,13H2,1-3H3. The Labute approximate surface area is 117 Å². The Morgan fingerprint density at radius 2 is 2.00 bits per heavy atom. The smallest absolute Gasteiger partial charge is 0.241 e. The minimum Gasteiger partial charge on any atom is -0.398 e. The molecule has 3 N–H and O–H groups in total. The molecule has 0 bridgehead atoms. The third kappa shape index (κ3) is 3.82. The number of amides is 1. The summed E-state index contributed by atoms with van der Waals surface area (Å²) < 4.78 is 26.4. The molecule has 8 heteroatoms. The summed E-state index contributed by atoms with van der Waals surface area (Å²) in [5, 5.41) is 0.224. The van der Waals surface area contributed by atoms with Gasteiger partial charge in [-0.15, -0.1) is 0 Å². The molecule has 6 nitrogen and oxygen atoms in total. The molecule has 0 aromatic heterocycles. The first kappa shape index (κ1) is 15.7. The molecule has 0 atom stereocenters. The minimum absolute atomic E-state index is 0.0240. The fraction of sp³-hybridized carbons (Fsp3) is 0.364. The van der Waals surface area contributed by atoms with E-state index in [2.05, 4.69) is 4.72 Å². The predicted octanol–water partition coefficient (Wildman–Crippen LogP) is 0.597. The molecular formula is C11H16ClN3O3S. The van der Waals surface area contributed by atoms with Crippen molar-refractivity contribution < 1.29 is 13.2 Å². The number of sulfonamides is 1. The van der Waals surface area contributed by atoms with E-state index in [1.54, 1.807) is 21.0 Å².